The molecule has 8 heteroatoms. The monoisotopic (exact) mass is 424 g/mol. The number of sulfonamides is 1. The van der Waals surface area contributed by atoms with E-state index < -0.39 is 10.0 Å². The normalized spacial score (nSPS) is 16.4. The number of likely N-dealkylation sites (N-methyl/N-ethyl adjacent to an activating group) is 1. The maximum Gasteiger partial charge on any atom is 0.243 e. The molecule has 0 amide bonds. The molecule has 0 saturated heterocycles. The summed E-state index contributed by atoms with van der Waals surface area (Å²) in [5, 5.41) is 9.29. The zero-order valence-corrected chi connectivity index (χ0v) is 17.5. The molecule has 0 radical (unpaired) electrons. The standard InChI is InChI=1S/C21H20N4O2S2/c1-24(29(26,27)20-5-3-2-4-6-20)18-10-17-9-16(11-22)7-8-21(17)25(13-18)14-19-12-23-15-28-19/h2-9,12,15,18H,10,13-14H2,1H3/t18-/m0/s1. The second kappa shape index (κ2) is 7.95. The molecule has 0 bridgehead atoms. The van der Waals surface area contributed by atoms with Gasteiger partial charge in [0, 0.05) is 36.4 Å². The summed E-state index contributed by atoms with van der Waals surface area (Å²) in [5.41, 5.74) is 4.40. The van der Waals surface area contributed by atoms with Crippen molar-refractivity contribution in [2.75, 3.05) is 18.5 Å². The molecule has 29 heavy (non-hydrogen) atoms. The predicted octanol–water partition coefficient (Wildman–Crippen LogP) is 3.27. The minimum Gasteiger partial charge on any atom is -0.364 e. The zero-order valence-electron chi connectivity index (χ0n) is 15.9. The van der Waals surface area contributed by atoms with E-state index >= 15 is 0 Å². The first-order chi connectivity index (χ1) is 14.0. The Bertz CT molecular complexity index is 1140. The van der Waals surface area contributed by atoms with Crippen molar-refractivity contribution in [3.05, 3.63) is 76.2 Å². The number of rotatable bonds is 5. The lowest BCUT2D eigenvalue weighted by Gasteiger charge is -2.39. The average molecular weight is 425 g/mol. The number of benzene rings is 2. The van der Waals surface area contributed by atoms with Gasteiger partial charge < -0.3 is 4.90 Å². The smallest absolute Gasteiger partial charge is 0.243 e. The Kier molecular flexibility index (Phi) is 5.37. The fraction of sp³-hybridized carbons (Fsp3) is 0.238. The second-order valence-electron chi connectivity index (χ2n) is 7.00. The molecule has 0 N–H and O–H groups in total. The van der Waals surface area contributed by atoms with Crippen LogP contribution >= 0.6 is 11.3 Å². The van der Waals surface area contributed by atoms with Crippen LogP contribution in [0.25, 0.3) is 0 Å². The summed E-state index contributed by atoms with van der Waals surface area (Å²) in [6.07, 6.45) is 2.40. The van der Waals surface area contributed by atoms with Crippen molar-refractivity contribution in [2.24, 2.45) is 0 Å². The fourth-order valence-electron chi connectivity index (χ4n) is 3.65. The third kappa shape index (κ3) is 3.90. The summed E-state index contributed by atoms with van der Waals surface area (Å²) in [5.74, 6) is 0. The molecule has 1 atom stereocenters. The third-order valence-corrected chi connectivity index (χ3v) is 7.89. The van der Waals surface area contributed by atoms with Crippen molar-refractivity contribution in [2.45, 2.75) is 23.9 Å². The van der Waals surface area contributed by atoms with Crippen LogP contribution in [0, 0.1) is 11.3 Å². The lowest BCUT2D eigenvalue weighted by Crippen LogP contribution is -2.48. The molecule has 2 aromatic carbocycles. The molecule has 6 nitrogen and oxygen atoms in total. The summed E-state index contributed by atoms with van der Waals surface area (Å²) in [7, 11) is -1.97. The van der Waals surface area contributed by atoms with Crippen molar-refractivity contribution in [3.63, 3.8) is 0 Å². The van der Waals surface area contributed by atoms with Crippen LogP contribution in [0.1, 0.15) is 16.0 Å². The van der Waals surface area contributed by atoms with Crippen LogP contribution in [0.15, 0.2) is 65.1 Å². The number of thiazole rings is 1. The van der Waals surface area contributed by atoms with Crippen LogP contribution in [0.4, 0.5) is 5.69 Å². The van der Waals surface area contributed by atoms with E-state index in [1.54, 1.807) is 54.2 Å². The maximum absolute atomic E-state index is 13.1. The van der Waals surface area contributed by atoms with E-state index in [1.807, 2.05) is 24.4 Å². The van der Waals surface area contributed by atoms with E-state index in [4.69, 9.17) is 0 Å². The molecule has 0 unspecified atom stereocenters. The number of nitriles is 1. The van der Waals surface area contributed by atoms with E-state index in [9.17, 15) is 13.7 Å². The van der Waals surface area contributed by atoms with Gasteiger partial charge in [-0.15, -0.1) is 11.3 Å². The van der Waals surface area contributed by atoms with Gasteiger partial charge in [0.25, 0.3) is 0 Å². The van der Waals surface area contributed by atoms with Crippen molar-refractivity contribution in [1.82, 2.24) is 9.29 Å². The van der Waals surface area contributed by atoms with Gasteiger partial charge in [0.2, 0.25) is 10.0 Å². The van der Waals surface area contributed by atoms with Gasteiger partial charge in [-0.25, -0.2) is 8.42 Å². The summed E-state index contributed by atoms with van der Waals surface area (Å²) in [6.45, 7) is 1.22. The predicted molar refractivity (Wildman–Crippen MR) is 113 cm³/mol. The van der Waals surface area contributed by atoms with Crippen molar-refractivity contribution >= 4 is 27.0 Å². The molecule has 3 aromatic rings. The lowest BCUT2D eigenvalue weighted by atomic mass is 9.96. The van der Waals surface area contributed by atoms with Crippen LogP contribution in [0.2, 0.25) is 0 Å². The minimum atomic E-state index is -3.61. The van der Waals surface area contributed by atoms with Gasteiger partial charge in [-0.05, 0) is 42.3 Å². The highest BCUT2D eigenvalue weighted by molar-refractivity contribution is 7.89. The van der Waals surface area contributed by atoms with E-state index in [0.717, 1.165) is 16.1 Å². The van der Waals surface area contributed by atoms with Gasteiger partial charge in [-0.3, -0.25) is 4.98 Å². The Morgan fingerprint density at radius 3 is 2.76 bits per heavy atom. The molecule has 4 rings (SSSR count). The van der Waals surface area contributed by atoms with Gasteiger partial charge in [0.05, 0.1) is 28.6 Å². The summed E-state index contributed by atoms with van der Waals surface area (Å²) < 4.78 is 27.7. The summed E-state index contributed by atoms with van der Waals surface area (Å²) >= 11 is 1.57. The molecule has 0 aliphatic carbocycles. The Morgan fingerprint density at radius 1 is 1.28 bits per heavy atom. The van der Waals surface area contributed by atoms with E-state index in [2.05, 4.69) is 16.0 Å². The van der Waals surface area contributed by atoms with Crippen LogP contribution < -0.4 is 4.90 Å². The molecule has 0 fully saturated rings. The van der Waals surface area contributed by atoms with Gasteiger partial charge in [-0.1, -0.05) is 18.2 Å². The highest BCUT2D eigenvalue weighted by Crippen LogP contribution is 2.32. The van der Waals surface area contributed by atoms with E-state index in [0.29, 0.717) is 25.1 Å². The van der Waals surface area contributed by atoms with Crippen molar-refractivity contribution in [3.8, 4) is 6.07 Å². The molecule has 148 valence electrons. The van der Waals surface area contributed by atoms with Gasteiger partial charge in [0.1, 0.15) is 0 Å². The average Bonchev–Trinajstić information content (AvgIpc) is 3.26. The van der Waals surface area contributed by atoms with Crippen LogP contribution in [-0.2, 0) is 23.0 Å². The molecule has 1 aliphatic heterocycles. The van der Waals surface area contributed by atoms with Crippen LogP contribution in [0.5, 0.6) is 0 Å². The van der Waals surface area contributed by atoms with Gasteiger partial charge in [0.15, 0.2) is 0 Å². The highest BCUT2D eigenvalue weighted by Gasteiger charge is 2.33. The number of aromatic nitrogens is 1. The Morgan fingerprint density at radius 2 is 2.07 bits per heavy atom. The molecule has 1 aliphatic rings. The molecule has 0 saturated carbocycles. The second-order valence-corrected chi connectivity index (χ2v) is 9.96. The highest BCUT2D eigenvalue weighted by atomic mass is 32.2. The topological polar surface area (TPSA) is 77.3 Å². The summed E-state index contributed by atoms with van der Waals surface area (Å²) in [6, 6.07) is 16.1. The first-order valence-corrected chi connectivity index (χ1v) is 11.5. The van der Waals surface area contributed by atoms with Gasteiger partial charge >= 0.3 is 0 Å². The number of nitrogens with zero attached hydrogens (tertiary/aromatic N) is 4. The Balaban J connectivity index is 1.69. The molecular weight excluding hydrogens is 404 g/mol. The van der Waals surface area contributed by atoms with Crippen molar-refractivity contribution in [1.29, 1.82) is 5.26 Å². The number of fused-ring (bicyclic) bond motifs is 1. The molecule has 0 spiro atoms. The third-order valence-electron chi connectivity index (χ3n) is 5.20. The fourth-order valence-corrected chi connectivity index (χ4v) is 5.63. The Hall–Kier alpha value is -2.73. The quantitative estimate of drug-likeness (QED) is 0.628. The van der Waals surface area contributed by atoms with Gasteiger partial charge in [-0.2, -0.15) is 9.57 Å². The minimum absolute atomic E-state index is 0.241. The number of hydrogen-bond acceptors (Lipinski definition) is 6. The summed E-state index contributed by atoms with van der Waals surface area (Å²) in [4.78, 5) is 7.71. The van der Waals surface area contributed by atoms with E-state index in [-0.39, 0.29) is 10.9 Å². The maximum atomic E-state index is 13.1. The molecule has 2 heterocycles. The lowest BCUT2D eigenvalue weighted by molar-refractivity contribution is 0.354. The Labute approximate surface area is 174 Å². The SMILES string of the molecule is CN([C@H]1Cc2cc(C#N)ccc2N(Cc2cncs2)C1)S(=O)(=O)c1ccccc1. The molecular formula is C21H20N4O2S2. The number of anilines is 1. The first-order valence-electron chi connectivity index (χ1n) is 9.17. The van der Waals surface area contributed by atoms with Crippen molar-refractivity contribution < 1.29 is 8.42 Å². The van der Waals surface area contributed by atoms with Crippen LogP contribution in [0.3, 0.4) is 0 Å². The largest absolute Gasteiger partial charge is 0.364 e. The molecule has 1 aromatic heterocycles. The first kappa shape index (κ1) is 19.6. The van der Waals surface area contributed by atoms with E-state index in [1.165, 1.54) is 4.31 Å². The number of hydrogen-bond donors (Lipinski definition) is 0. The van der Waals surface area contributed by atoms with Crippen LogP contribution in [-0.4, -0.2) is 37.3 Å². The zero-order chi connectivity index (χ0) is 20.4.